The van der Waals surface area contributed by atoms with Crippen LogP contribution in [-0.4, -0.2) is 19.1 Å². The van der Waals surface area contributed by atoms with E-state index >= 15 is 9.59 Å². The summed E-state index contributed by atoms with van der Waals surface area (Å²) in [7, 11) is 0. The van der Waals surface area contributed by atoms with Gasteiger partial charge < -0.3 is 0 Å². The number of thiophene rings is 4. The second-order valence-electron chi connectivity index (χ2n) is 25.1. The fourth-order valence-electron chi connectivity index (χ4n) is 12.8. The molecule has 0 saturated carbocycles. The summed E-state index contributed by atoms with van der Waals surface area (Å²) in [6.45, 7) is 10.5. The van der Waals surface area contributed by atoms with Crippen molar-refractivity contribution in [2.45, 2.75) is 298 Å². The number of nitrogens with zero attached hydrogens (tertiary/aromatic N) is 4. The lowest BCUT2D eigenvalue weighted by Crippen LogP contribution is -2.28. The summed E-state index contributed by atoms with van der Waals surface area (Å²) in [6.07, 6.45) is 51.7. The van der Waals surface area contributed by atoms with Crippen molar-refractivity contribution < 1.29 is 0 Å². The van der Waals surface area contributed by atoms with Gasteiger partial charge in [-0.3, -0.25) is 18.7 Å². The molecule has 1 aromatic carbocycles. The van der Waals surface area contributed by atoms with Crippen molar-refractivity contribution in [1.82, 2.24) is 19.1 Å². The van der Waals surface area contributed by atoms with E-state index < -0.39 is 0 Å². The molecule has 6 nitrogen and oxygen atoms in total. The first-order valence-corrected chi connectivity index (χ1v) is 38.1. The van der Waals surface area contributed by atoms with Crippen molar-refractivity contribution in [3.8, 4) is 40.9 Å². The zero-order chi connectivity index (χ0) is 58.8. The highest BCUT2D eigenvalue weighted by Gasteiger charge is 2.24. The summed E-state index contributed by atoms with van der Waals surface area (Å²) >= 11 is 6.99. The van der Waals surface area contributed by atoms with Gasteiger partial charge in [-0.05, 0) is 96.8 Å². The molecule has 2 unspecified atom stereocenters. The highest BCUT2D eigenvalue weighted by Crippen LogP contribution is 2.42. The van der Waals surface area contributed by atoms with Crippen LogP contribution in [0.15, 0.2) is 81.0 Å². The van der Waals surface area contributed by atoms with Gasteiger partial charge in [0, 0.05) is 32.6 Å². The normalized spacial score (nSPS) is 12.6. The molecule has 7 aromatic rings. The highest BCUT2D eigenvalue weighted by molar-refractivity contribution is 7.27. The molecule has 84 heavy (non-hydrogen) atoms. The van der Waals surface area contributed by atoms with Crippen LogP contribution in [-0.2, 0) is 13.1 Å². The molecule has 6 aromatic heterocycles. The van der Waals surface area contributed by atoms with Crippen LogP contribution in [0.5, 0.6) is 0 Å². The zero-order valence-corrected chi connectivity index (χ0v) is 56.3. The van der Waals surface area contributed by atoms with Crippen LogP contribution in [0.4, 0.5) is 0 Å². The van der Waals surface area contributed by atoms with E-state index in [-0.39, 0.29) is 11.1 Å². The average molecular weight is 1220 g/mol. The van der Waals surface area contributed by atoms with Gasteiger partial charge in [-0.15, -0.1) is 45.3 Å². The van der Waals surface area contributed by atoms with Crippen LogP contribution in [0.25, 0.3) is 62.7 Å². The first-order valence-electron chi connectivity index (χ1n) is 34.7. The van der Waals surface area contributed by atoms with Crippen molar-refractivity contribution >= 4 is 67.2 Å². The smallest absolute Gasteiger partial charge is 0.261 e. The van der Waals surface area contributed by atoms with E-state index in [9.17, 15) is 0 Å². The minimum atomic E-state index is -0.0162. The van der Waals surface area contributed by atoms with Gasteiger partial charge in [0.05, 0.1) is 31.6 Å². The van der Waals surface area contributed by atoms with E-state index in [1.807, 2.05) is 32.6 Å². The minimum Gasteiger partial charge on any atom is -0.291 e. The van der Waals surface area contributed by atoms with E-state index in [1.54, 1.807) is 34.0 Å². The van der Waals surface area contributed by atoms with Gasteiger partial charge in [-0.2, -0.15) is 0 Å². The molecule has 10 heteroatoms. The Labute approximate surface area is 525 Å². The maximum absolute atomic E-state index is 15.6. The van der Waals surface area contributed by atoms with Crippen LogP contribution in [0.1, 0.15) is 285 Å². The molecule has 6 heterocycles. The Balaban J connectivity index is 1.21. The molecule has 0 aliphatic heterocycles. The lowest BCUT2D eigenvalue weighted by molar-refractivity contribution is 0.353. The maximum Gasteiger partial charge on any atom is 0.261 e. The summed E-state index contributed by atoms with van der Waals surface area (Å²) < 4.78 is 4.07. The van der Waals surface area contributed by atoms with Crippen LogP contribution in [0, 0.1) is 11.8 Å². The molecule has 0 radical (unpaired) electrons. The van der Waals surface area contributed by atoms with Gasteiger partial charge in [0.2, 0.25) is 0 Å². The Morgan fingerprint density at radius 3 is 0.964 bits per heavy atom. The Kier molecular flexibility index (Phi) is 32.3. The van der Waals surface area contributed by atoms with Gasteiger partial charge in [-0.25, -0.2) is 9.97 Å². The molecule has 0 saturated heterocycles. The molecular formula is C74H110N4O2S4. The number of hydrogen-bond acceptors (Lipinski definition) is 8. The molecule has 0 spiro atoms. The topological polar surface area (TPSA) is 69.8 Å². The van der Waals surface area contributed by atoms with Gasteiger partial charge in [0.15, 0.2) is 11.6 Å². The minimum absolute atomic E-state index is 0.0126. The number of aromatic nitrogens is 4. The molecule has 462 valence electrons. The highest BCUT2D eigenvalue weighted by atomic mass is 32.1. The van der Waals surface area contributed by atoms with E-state index in [2.05, 4.69) is 87.0 Å². The van der Waals surface area contributed by atoms with Gasteiger partial charge in [0.1, 0.15) is 0 Å². The van der Waals surface area contributed by atoms with Crippen molar-refractivity contribution in [1.29, 1.82) is 0 Å². The van der Waals surface area contributed by atoms with E-state index in [0.717, 1.165) is 47.1 Å². The molecule has 0 amide bonds. The van der Waals surface area contributed by atoms with Crippen LogP contribution in [0.3, 0.4) is 0 Å². The third kappa shape index (κ3) is 22.5. The summed E-state index contributed by atoms with van der Waals surface area (Å²) in [5, 5.41) is 5.36. The lowest BCUT2D eigenvalue weighted by Gasteiger charge is -2.22. The number of rotatable bonds is 48. The molecule has 0 aliphatic rings. The zero-order valence-electron chi connectivity index (χ0n) is 53.0. The molecule has 0 bridgehead atoms. The second-order valence-corrected chi connectivity index (χ2v) is 29.1. The fourth-order valence-corrected chi connectivity index (χ4v) is 16.5. The van der Waals surface area contributed by atoms with Crippen molar-refractivity contribution in [2.75, 3.05) is 0 Å². The molecule has 2 atom stereocenters. The van der Waals surface area contributed by atoms with Crippen molar-refractivity contribution in [2.24, 2.45) is 11.8 Å². The molecule has 0 fully saturated rings. The van der Waals surface area contributed by atoms with Gasteiger partial charge >= 0.3 is 0 Å². The summed E-state index contributed by atoms with van der Waals surface area (Å²) in [6, 6.07) is 21.3. The average Bonchev–Trinajstić information content (AvgIpc) is 3.75. The Hall–Kier alpha value is -3.70. The SMILES string of the molecule is CCCCCCCCCCCCC(CCCCCCCCCC)Cn1c(-c2cccs2)nc2cc3c(=O)n(CC(CCCCCCCCCC)CCCCCCCCCCCC)c(-c4ccc(-c5ccc(-c6cccs6)s5)s4)nc3cc2c1=O. The van der Waals surface area contributed by atoms with E-state index in [1.165, 1.54) is 251 Å². The van der Waals surface area contributed by atoms with Crippen LogP contribution >= 0.6 is 45.3 Å². The predicted octanol–water partition coefficient (Wildman–Crippen LogP) is 24.9. The van der Waals surface area contributed by atoms with Crippen LogP contribution < -0.4 is 11.1 Å². The number of fused-ring (bicyclic) bond motifs is 2. The first-order chi connectivity index (χ1) is 41.4. The van der Waals surface area contributed by atoms with Gasteiger partial charge in [-0.1, -0.05) is 271 Å². The first kappa shape index (κ1) is 67.8. The molecular weight excluding hydrogens is 1110 g/mol. The second kappa shape index (κ2) is 40.0. The number of unbranched alkanes of at least 4 members (excludes halogenated alkanes) is 32. The standard InChI is InChI=1S/C74H110N4O2S4/c1-5-9-13-17-21-25-27-31-35-39-44-59(43-37-33-29-23-19-15-11-7-3)57-77-71(69-48-42-54-82-69)75-63-55-62-64(56-61(63)73(77)79)76-72(70-52-51-68(84-70)67-50-49-66(83-67)65-47-41-53-81-65)78(74(62)80)58-60(45-38-34-30-24-20-16-12-8-4)46-40-36-32-28-26-22-18-14-10-6-2/h41-42,47-56,59-60H,5-40,43-46,57-58H2,1-4H3. The van der Waals surface area contributed by atoms with Crippen LogP contribution in [0.2, 0.25) is 0 Å². The van der Waals surface area contributed by atoms with E-state index in [0.29, 0.717) is 46.7 Å². The fraction of sp³-hybridized carbons (Fsp3) is 0.649. The summed E-state index contributed by atoms with van der Waals surface area (Å²) in [5.74, 6) is 2.23. The van der Waals surface area contributed by atoms with E-state index in [4.69, 9.17) is 9.97 Å². The molecule has 0 aliphatic carbocycles. The Bertz CT molecular complexity index is 2960. The summed E-state index contributed by atoms with van der Waals surface area (Å²) in [5.41, 5.74) is 1.16. The van der Waals surface area contributed by atoms with Crippen molar-refractivity contribution in [3.05, 3.63) is 92.1 Å². The number of hydrogen-bond donors (Lipinski definition) is 0. The quantitative estimate of drug-likeness (QED) is 0.0281. The number of benzene rings is 1. The Morgan fingerprint density at radius 1 is 0.345 bits per heavy atom. The predicted molar refractivity (Wildman–Crippen MR) is 373 cm³/mol. The molecule has 7 rings (SSSR count). The lowest BCUT2D eigenvalue weighted by atomic mass is 9.93. The summed E-state index contributed by atoms with van der Waals surface area (Å²) in [4.78, 5) is 49.0. The third-order valence-electron chi connectivity index (χ3n) is 18.0. The Morgan fingerprint density at radius 2 is 0.631 bits per heavy atom. The van der Waals surface area contributed by atoms with Crippen molar-refractivity contribution in [3.63, 3.8) is 0 Å². The molecule has 0 N–H and O–H groups in total. The maximum atomic E-state index is 15.6. The monoisotopic (exact) mass is 1210 g/mol. The van der Waals surface area contributed by atoms with Gasteiger partial charge in [0.25, 0.3) is 11.1 Å². The largest absolute Gasteiger partial charge is 0.291 e. The third-order valence-corrected chi connectivity index (χ3v) is 22.2.